The van der Waals surface area contributed by atoms with Crippen LogP contribution in [0.4, 0.5) is 0 Å². The van der Waals surface area contributed by atoms with Crippen molar-refractivity contribution < 1.29 is 9.59 Å². The van der Waals surface area contributed by atoms with Crippen LogP contribution in [0.1, 0.15) is 63.1 Å². The summed E-state index contributed by atoms with van der Waals surface area (Å²) in [6, 6.07) is 8.13. The Hall–Kier alpha value is -1.84. The molecule has 4 heteroatoms. The fraction of sp³-hybridized carbons (Fsp3) is 0.579. The summed E-state index contributed by atoms with van der Waals surface area (Å²) in [6.07, 6.45) is 4.71. The molecule has 1 saturated heterocycles. The van der Waals surface area contributed by atoms with Crippen LogP contribution in [0, 0.1) is 6.92 Å². The molecule has 1 aliphatic rings. The van der Waals surface area contributed by atoms with Gasteiger partial charge in [-0.2, -0.15) is 0 Å². The van der Waals surface area contributed by atoms with Crippen molar-refractivity contribution in [2.45, 2.75) is 65.0 Å². The van der Waals surface area contributed by atoms with E-state index in [-0.39, 0.29) is 17.9 Å². The highest BCUT2D eigenvalue weighted by molar-refractivity contribution is 5.79. The Morgan fingerprint density at radius 2 is 1.96 bits per heavy atom. The minimum Gasteiger partial charge on any atom is -0.349 e. The molecule has 0 bridgehead atoms. The fourth-order valence-corrected chi connectivity index (χ4v) is 3.34. The van der Waals surface area contributed by atoms with E-state index in [2.05, 4.69) is 12.2 Å². The second kappa shape index (κ2) is 8.14. The van der Waals surface area contributed by atoms with Crippen LogP contribution in [0.15, 0.2) is 24.3 Å². The first-order valence-corrected chi connectivity index (χ1v) is 8.64. The Balaban J connectivity index is 2.11. The first-order valence-electron chi connectivity index (χ1n) is 8.64. The van der Waals surface area contributed by atoms with Crippen molar-refractivity contribution in [2.75, 3.05) is 6.54 Å². The predicted octanol–water partition coefficient (Wildman–Crippen LogP) is 3.35. The van der Waals surface area contributed by atoms with Gasteiger partial charge in [0.05, 0.1) is 12.5 Å². The number of hydrogen-bond acceptors (Lipinski definition) is 2. The standard InChI is InChI=1S/C19H28N2O2/c1-4-17-7-5-6-12-21(17)19(23)13-18(20-15(3)22)16-10-8-14(2)9-11-16/h8-11,17-18H,4-7,12-13H2,1-3H3,(H,20,22). The number of rotatable bonds is 5. The normalized spacial score (nSPS) is 19.3. The highest BCUT2D eigenvalue weighted by Gasteiger charge is 2.27. The van der Waals surface area contributed by atoms with Gasteiger partial charge in [0.15, 0.2) is 0 Å². The summed E-state index contributed by atoms with van der Waals surface area (Å²) >= 11 is 0. The molecular weight excluding hydrogens is 288 g/mol. The molecule has 0 radical (unpaired) electrons. The van der Waals surface area contributed by atoms with Gasteiger partial charge in [-0.05, 0) is 38.2 Å². The zero-order valence-corrected chi connectivity index (χ0v) is 14.5. The number of piperidine rings is 1. The van der Waals surface area contributed by atoms with Crippen LogP contribution in [0.3, 0.4) is 0 Å². The van der Waals surface area contributed by atoms with Crippen molar-refractivity contribution in [2.24, 2.45) is 0 Å². The summed E-state index contributed by atoms with van der Waals surface area (Å²) in [5.74, 6) is 0.0462. The molecule has 2 amide bonds. The second-order valence-electron chi connectivity index (χ2n) is 6.51. The number of likely N-dealkylation sites (tertiary alicyclic amines) is 1. The van der Waals surface area contributed by atoms with Crippen molar-refractivity contribution in [1.29, 1.82) is 0 Å². The largest absolute Gasteiger partial charge is 0.349 e. The number of amides is 2. The molecule has 1 heterocycles. The monoisotopic (exact) mass is 316 g/mol. The lowest BCUT2D eigenvalue weighted by molar-refractivity contribution is -0.135. The molecule has 2 atom stereocenters. The summed E-state index contributed by atoms with van der Waals surface area (Å²) in [7, 11) is 0. The van der Waals surface area contributed by atoms with E-state index in [0.717, 1.165) is 31.4 Å². The first kappa shape index (κ1) is 17.5. The molecule has 2 rings (SSSR count). The first-order chi connectivity index (χ1) is 11.0. The smallest absolute Gasteiger partial charge is 0.225 e. The van der Waals surface area contributed by atoms with E-state index in [1.165, 1.54) is 18.9 Å². The summed E-state index contributed by atoms with van der Waals surface area (Å²) in [5, 5.41) is 2.93. The molecule has 1 fully saturated rings. The molecule has 2 unspecified atom stereocenters. The van der Waals surface area contributed by atoms with Crippen molar-refractivity contribution in [1.82, 2.24) is 10.2 Å². The number of benzene rings is 1. The van der Waals surface area contributed by atoms with Crippen LogP contribution in [-0.2, 0) is 9.59 Å². The molecule has 1 aromatic rings. The van der Waals surface area contributed by atoms with E-state index < -0.39 is 0 Å². The van der Waals surface area contributed by atoms with E-state index >= 15 is 0 Å². The van der Waals surface area contributed by atoms with Gasteiger partial charge in [-0.1, -0.05) is 36.8 Å². The van der Waals surface area contributed by atoms with Crippen LogP contribution >= 0.6 is 0 Å². The third-order valence-corrected chi connectivity index (χ3v) is 4.65. The Labute approximate surface area is 139 Å². The van der Waals surface area contributed by atoms with E-state index in [1.54, 1.807) is 0 Å². The third-order valence-electron chi connectivity index (χ3n) is 4.65. The number of nitrogens with one attached hydrogen (secondary N) is 1. The molecule has 4 nitrogen and oxygen atoms in total. The summed E-state index contributed by atoms with van der Waals surface area (Å²) in [4.78, 5) is 26.3. The molecule has 0 spiro atoms. The minimum atomic E-state index is -0.250. The predicted molar refractivity (Wildman–Crippen MR) is 92.0 cm³/mol. The average molecular weight is 316 g/mol. The number of nitrogens with zero attached hydrogens (tertiary/aromatic N) is 1. The minimum absolute atomic E-state index is 0.103. The molecule has 0 aliphatic carbocycles. The van der Waals surface area contributed by atoms with Gasteiger partial charge < -0.3 is 10.2 Å². The summed E-state index contributed by atoms with van der Waals surface area (Å²) in [5.41, 5.74) is 2.16. The zero-order chi connectivity index (χ0) is 16.8. The highest BCUT2D eigenvalue weighted by atomic mass is 16.2. The molecule has 126 valence electrons. The van der Waals surface area contributed by atoms with Gasteiger partial charge in [0.25, 0.3) is 0 Å². The summed E-state index contributed by atoms with van der Waals surface area (Å²) in [6.45, 7) is 6.52. The fourth-order valence-electron chi connectivity index (χ4n) is 3.34. The van der Waals surface area contributed by atoms with E-state index in [4.69, 9.17) is 0 Å². The third kappa shape index (κ3) is 4.81. The van der Waals surface area contributed by atoms with E-state index in [9.17, 15) is 9.59 Å². The van der Waals surface area contributed by atoms with E-state index in [1.807, 2.05) is 36.1 Å². The van der Waals surface area contributed by atoms with Crippen molar-refractivity contribution in [3.8, 4) is 0 Å². The SMILES string of the molecule is CCC1CCCCN1C(=O)CC(NC(C)=O)c1ccc(C)cc1. The zero-order valence-electron chi connectivity index (χ0n) is 14.5. The summed E-state index contributed by atoms with van der Waals surface area (Å²) < 4.78 is 0. The lowest BCUT2D eigenvalue weighted by Crippen LogP contribution is -2.44. The van der Waals surface area contributed by atoms with Crippen LogP contribution in [0.5, 0.6) is 0 Å². The van der Waals surface area contributed by atoms with Crippen molar-refractivity contribution >= 4 is 11.8 Å². The lowest BCUT2D eigenvalue weighted by atomic mass is 9.97. The van der Waals surface area contributed by atoms with Crippen LogP contribution in [0.2, 0.25) is 0 Å². The topological polar surface area (TPSA) is 49.4 Å². The van der Waals surface area contributed by atoms with Gasteiger partial charge in [-0.3, -0.25) is 9.59 Å². The van der Waals surface area contributed by atoms with Gasteiger partial charge in [0.2, 0.25) is 11.8 Å². The second-order valence-corrected chi connectivity index (χ2v) is 6.51. The molecule has 23 heavy (non-hydrogen) atoms. The number of aryl methyl sites for hydroxylation is 1. The Kier molecular flexibility index (Phi) is 6.20. The van der Waals surface area contributed by atoms with Gasteiger partial charge in [-0.25, -0.2) is 0 Å². The number of carbonyl (C=O) groups is 2. The van der Waals surface area contributed by atoms with E-state index in [0.29, 0.717) is 12.5 Å². The average Bonchev–Trinajstić information content (AvgIpc) is 2.54. The van der Waals surface area contributed by atoms with Gasteiger partial charge in [0.1, 0.15) is 0 Å². The van der Waals surface area contributed by atoms with Gasteiger partial charge >= 0.3 is 0 Å². The van der Waals surface area contributed by atoms with Crippen molar-refractivity contribution in [3.05, 3.63) is 35.4 Å². The number of carbonyl (C=O) groups excluding carboxylic acids is 2. The van der Waals surface area contributed by atoms with Crippen LogP contribution in [-0.4, -0.2) is 29.3 Å². The molecule has 1 aliphatic heterocycles. The molecular formula is C19H28N2O2. The van der Waals surface area contributed by atoms with Crippen molar-refractivity contribution in [3.63, 3.8) is 0 Å². The Bertz CT molecular complexity index is 539. The quantitative estimate of drug-likeness (QED) is 0.905. The molecule has 1 N–H and O–H groups in total. The maximum Gasteiger partial charge on any atom is 0.225 e. The maximum atomic E-state index is 12.8. The molecule has 1 aromatic carbocycles. The Morgan fingerprint density at radius 1 is 1.26 bits per heavy atom. The lowest BCUT2D eigenvalue weighted by Gasteiger charge is -2.36. The van der Waals surface area contributed by atoms with Gasteiger partial charge in [0, 0.05) is 19.5 Å². The Morgan fingerprint density at radius 3 is 2.57 bits per heavy atom. The molecule has 0 saturated carbocycles. The number of hydrogen-bond donors (Lipinski definition) is 1. The highest BCUT2D eigenvalue weighted by Crippen LogP contribution is 2.24. The maximum absolute atomic E-state index is 12.8. The van der Waals surface area contributed by atoms with Gasteiger partial charge in [-0.15, -0.1) is 0 Å². The van der Waals surface area contributed by atoms with Crippen LogP contribution < -0.4 is 5.32 Å². The van der Waals surface area contributed by atoms with Crippen LogP contribution in [0.25, 0.3) is 0 Å². The molecule has 0 aromatic heterocycles.